The summed E-state index contributed by atoms with van der Waals surface area (Å²) in [5, 5.41) is 0. The lowest BCUT2D eigenvalue weighted by atomic mass is 10.0. The highest BCUT2D eigenvalue weighted by Crippen LogP contribution is 2.42. The monoisotopic (exact) mass is 255 g/mol. The van der Waals surface area contributed by atoms with Crippen molar-refractivity contribution in [2.75, 3.05) is 0 Å². The SMILES string of the molecule is CCC1Oc2c(Br)cc(C)cc2C1N. The zero-order valence-electron chi connectivity index (χ0n) is 8.38. The average Bonchev–Trinajstić information content (AvgIpc) is 2.44. The molecule has 0 spiro atoms. The van der Waals surface area contributed by atoms with Crippen LogP contribution in [0.25, 0.3) is 0 Å². The van der Waals surface area contributed by atoms with Crippen LogP contribution in [0.15, 0.2) is 16.6 Å². The topological polar surface area (TPSA) is 35.2 Å². The molecule has 2 nitrogen and oxygen atoms in total. The fourth-order valence-corrected chi connectivity index (χ4v) is 2.57. The lowest BCUT2D eigenvalue weighted by Gasteiger charge is -2.11. The maximum Gasteiger partial charge on any atom is 0.138 e. The first kappa shape index (κ1) is 9.99. The predicted molar refractivity (Wildman–Crippen MR) is 60.5 cm³/mol. The standard InChI is InChI=1S/C11H14BrNO/c1-3-9-10(13)7-4-6(2)5-8(12)11(7)14-9/h4-5,9-10H,3,13H2,1-2H3. The van der Waals surface area contributed by atoms with Crippen LogP contribution in [0.3, 0.4) is 0 Å². The Bertz CT molecular complexity index is 365. The van der Waals surface area contributed by atoms with E-state index >= 15 is 0 Å². The Hall–Kier alpha value is -0.540. The van der Waals surface area contributed by atoms with Gasteiger partial charge in [0.05, 0.1) is 10.5 Å². The third-order valence-corrected chi connectivity index (χ3v) is 3.24. The number of nitrogens with two attached hydrogens (primary N) is 1. The van der Waals surface area contributed by atoms with Crippen molar-refractivity contribution in [2.24, 2.45) is 5.73 Å². The Morgan fingerprint density at radius 2 is 2.21 bits per heavy atom. The van der Waals surface area contributed by atoms with Gasteiger partial charge in [0.25, 0.3) is 0 Å². The van der Waals surface area contributed by atoms with E-state index in [2.05, 4.69) is 41.9 Å². The largest absolute Gasteiger partial charge is 0.487 e. The van der Waals surface area contributed by atoms with E-state index in [4.69, 9.17) is 10.5 Å². The molecule has 1 aliphatic heterocycles. The van der Waals surface area contributed by atoms with Crippen molar-refractivity contribution in [1.29, 1.82) is 0 Å². The summed E-state index contributed by atoms with van der Waals surface area (Å²) in [6, 6.07) is 4.19. The van der Waals surface area contributed by atoms with Crippen LogP contribution in [0, 0.1) is 6.92 Å². The first-order valence-corrected chi connectivity index (χ1v) is 5.65. The number of hydrogen-bond acceptors (Lipinski definition) is 2. The van der Waals surface area contributed by atoms with Crippen LogP contribution in [0.4, 0.5) is 0 Å². The number of benzene rings is 1. The summed E-state index contributed by atoms with van der Waals surface area (Å²) < 4.78 is 6.80. The fourth-order valence-electron chi connectivity index (χ4n) is 1.89. The van der Waals surface area contributed by atoms with Gasteiger partial charge in [-0.15, -0.1) is 0 Å². The quantitative estimate of drug-likeness (QED) is 0.838. The zero-order chi connectivity index (χ0) is 10.3. The molecule has 0 saturated carbocycles. The molecule has 0 aliphatic carbocycles. The summed E-state index contributed by atoms with van der Waals surface area (Å²) in [5.41, 5.74) is 8.44. The summed E-state index contributed by atoms with van der Waals surface area (Å²) >= 11 is 3.50. The molecule has 14 heavy (non-hydrogen) atoms. The molecule has 1 aromatic rings. The zero-order valence-corrected chi connectivity index (χ0v) is 9.97. The van der Waals surface area contributed by atoms with Crippen LogP contribution >= 0.6 is 15.9 Å². The van der Waals surface area contributed by atoms with Crippen LogP contribution in [0.5, 0.6) is 5.75 Å². The van der Waals surface area contributed by atoms with Gasteiger partial charge < -0.3 is 10.5 Å². The molecular formula is C11H14BrNO. The van der Waals surface area contributed by atoms with Gasteiger partial charge in [-0.2, -0.15) is 0 Å². The smallest absolute Gasteiger partial charge is 0.138 e. The summed E-state index contributed by atoms with van der Waals surface area (Å²) in [5.74, 6) is 0.926. The Morgan fingerprint density at radius 3 is 2.86 bits per heavy atom. The molecule has 0 amide bonds. The highest BCUT2D eigenvalue weighted by atomic mass is 79.9. The van der Waals surface area contributed by atoms with Crippen molar-refractivity contribution in [1.82, 2.24) is 0 Å². The lowest BCUT2D eigenvalue weighted by Crippen LogP contribution is -2.24. The Kier molecular flexibility index (Phi) is 2.54. The van der Waals surface area contributed by atoms with Crippen molar-refractivity contribution in [3.63, 3.8) is 0 Å². The molecule has 2 rings (SSSR count). The second-order valence-electron chi connectivity index (χ2n) is 3.76. The van der Waals surface area contributed by atoms with E-state index in [0.717, 1.165) is 22.2 Å². The highest BCUT2D eigenvalue weighted by molar-refractivity contribution is 9.10. The molecule has 2 N–H and O–H groups in total. The summed E-state index contributed by atoms with van der Waals surface area (Å²) in [6.45, 7) is 4.16. The maximum absolute atomic E-state index is 6.09. The third-order valence-electron chi connectivity index (χ3n) is 2.65. The molecule has 0 fully saturated rings. The van der Waals surface area contributed by atoms with Gasteiger partial charge in [0.1, 0.15) is 11.9 Å². The first-order valence-electron chi connectivity index (χ1n) is 4.85. The molecule has 0 bridgehead atoms. The van der Waals surface area contributed by atoms with Crippen LogP contribution < -0.4 is 10.5 Å². The molecule has 0 saturated heterocycles. The second-order valence-corrected chi connectivity index (χ2v) is 4.61. The van der Waals surface area contributed by atoms with E-state index < -0.39 is 0 Å². The van der Waals surface area contributed by atoms with E-state index in [9.17, 15) is 0 Å². The van der Waals surface area contributed by atoms with E-state index in [-0.39, 0.29) is 12.1 Å². The van der Waals surface area contributed by atoms with Crippen LogP contribution in [0.2, 0.25) is 0 Å². The molecule has 3 heteroatoms. The van der Waals surface area contributed by atoms with E-state index in [1.54, 1.807) is 0 Å². The number of rotatable bonds is 1. The van der Waals surface area contributed by atoms with Crippen molar-refractivity contribution < 1.29 is 4.74 Å². The molecule has 1 aromatic carbocycles. The predicted octanol–water partition coefficient (Wildman–Crippen LogP) is 2.93. The van der Waals surface area contributed by atoms with Gasteiger partial charge in [-0.05, 0) is 40.9 Å². The van der Waals surface area contributed by atoms with Gasteiger partial charge in [0.15, 0.2) is 0 Å². The molecule has 1 heterocycles. The number of ether oxygens (including phenoxy) is 1. The molecule has 76 valence electrons. The van der Waals surface area contributed by atoms with Gasteiger partial charge in [-0.3, -0.25) is 0 Å². The average molecular weight is 256 g/mol. The maximum atomic E-state index is 6.09. The summed E-state index contributed by atoms with van der Waals surface area (Å²) in [4.78, 5) is 0. The van der Waals surface area contributed by atoms with E-state index in [1.807, 2.05) is 0 Å². The third kappa shape index (κ3) is 1.44. The Labute approximate surface area is 92.6 Å². The van der Waals surface area contributed by atoms with E-state index in [0.29, 0.717) is 0 Å². The lowest BCUT2D eigenvalue weighted by molar-refractivity contribution is 0.201. The second kappa shape index (κ2) is 3.55. The van der Waals surface area contributed by atoms with Crippen LogP contribution in [0.1, 0.15) is 30.5 Å². The first-order chi connectivity index (χ1) is 6.63. The summed E-state index contributed by atoms with van der Waals surface area (Å²) in [7, 11) is 0. The molecule has 2 atom stereocenters. The number of hydrogen-bond donors (Lipinski definition) is 1. The minimum Gasteiger partial charge on any atom is -0.487 e. The molecule has 1 aliphatic rings. The number of fused-ring (bicyclic) bond motifs is 1. The van der Waals surface area contributed by atoms with Crippen molar-refractivity contribution in [3.05, 3.63) is 27.7 Å². The van der Waals surface area contributed by atoms with Crippen LogP contribution in [-0.4, -0.2) is 6.10 Å². The molecular weight excluding hydrogens is 242 g/mol. The van der Waals surface area contributed by atoms with Gasteiger partial charge in [0.2, 0.25) is 0 Å². The van der Waals surface area contributed by atoms with Crippen molar-refractivity contribution in [2.45, 2.75) is 32.4 Å². The Balaban J connectivity index is 2.48. The van der Waals surface area contributed by atoms with Gasteiger partial charge in [0, 0.05) is 5.56 Å². The van der Waals surface area contributed by atoms with E-state index in [1.165, 1.54) is 5.56 Å². The molecule has 2 unspecified atom stereocenters. The van der Waals surface area contributed by atoms with Crippen LogP contribution in [-0.2, 0) is 0 Å². The minimum atomic E-state index is 0.0196. The van der Waals surface area contributed by atoms with Crippen molar-refractivity contribution >= 4 is 15.9 Å². The fraction of sp³-hybridized carbons (Fsp3) is 0.455. The molecule has 0 radical (unpaired) electrons. The highest BCUT2D eigenvalue weighted by Gasteiger charge is 2.31. The summed E-state index contributed by atoms with van der Waals surface area (Å²) in [6.07, 6.45) is 1.07. The Morgan fingerprint density at radius 1 is 1.50 bits per heavy atom. The molecule has 0 aromatic heterocycles. The normalized spacial score (nSPS) is 24.6. The number of aryl methyl sites for hydroxylation is 1. The van der Waals surface area contributed by atoms with Gasteiger partial charge in [-0.25, -0.2) is 0 Å². The van der Waals surface area contributed by atoms with Gasteiger partial charge >= 0.3 is 0 Å². The van der Waals surface area contributed by atoms with Crippen molar-refractivity contribution in [3.8, 4) is 5.75 Å². The minimum absolute atomic E-state index is 0.0196. The number of halogens is 1. The van der Waals surface area contributed by atoms with Gasteiger partial charge in [-0.1, -0.05) is 13.0 Å².